The van der Waals surface area contributed by atoms with Crippen LogP contribution in [-0.2, 0) is 68.2 Å². The van der Waals surface area contributed by atoms with Crippen LogP contribution in [0.1, 0.15) is 94.2 Å². The predicted molar refractivity (Wildman–Crippen MR) is 244 cm³/mol. The molecule has 3 saturated heterocycles. The molecule has 5 atom stereocenters. The normalized spacial score (nSPS) is 20.1. The van der Waals surface area contributed by atoms with Crippen molar-refractivity contribution < 1.29 is 65.1 Å². The van der Waals surface area contributed by atoms with Crippen LogP contribution in [0.5, 0.6) is 0 Å². The van der Waals surface area contributed by atoms with E-state index in [2.05, 4.69) is 16.0 Å². The topological polar surface area (TPSA) is 312 Å². The number of carboxylic acids is 1. The van der Waals surface area contributed by atoms with Crippen LogP contribution in [0, 0.1) is 0 Å². The number of imidazole rings is 1. The predicted octanol–water partition coefficient (Wildman–Crippen LogP) is 0.833. The van der Waals surface area contributed by atoms with E-state index in [0.717, 1.165) is 37.5 Å². The number of benzene rings is 2. The molecule has 7 amide bonds. The molecule has 382 valence electrons. The Morgan fingerprint density at radius 1 is 0.900 bits per heavy atom. The van der Waals surface area contributed by atoms with E-state index in [9.17, 15) is 59.9 Å². The van der Waals surface area contributed by atoms with Gasteiger partial charge in [-0.15, -0.1) is 0 Å². The minimum absolute atomic E-state index is 0.000281. The van der Waals surface area contributed by atoms with Gasteiger partial charge in [0.25, 0.3) is 0 Å². The van der Waals surface area contributed by atoms with Crippen LogP contribution in [0.2, 0.25) is 0 Å². The highest BCUT2D eigenvalue weighted by Crippen LogP contribution is 2.30. The van der Waals surface area contributed by atoms with Crippen LogP contribution in [-0.4, -0.2) is 129 Å². The number of amides is 7. The van der Waals surface area contributed by atoms with Gasteiger partial charge in [0.2, 0.25) is 41.4 Å². The Balaban J connectivity index is 0.00000121. The van der Waals surface area contributed by atoms with Crippen LogP contribution < -0.4 is 33.1 Å². The lowest BCUT2D eigenvalue weighted by Crippen LogP contribution is -2.60. The number of carboxylic acid groups (broad SMARTS) is 1. The molecule has 6 rings (SSSR count). The van der Waals surface area contributed by atoms with Crippen molar-refractivity contribution in [1.82, 2.24) is 34.9 Å². The third-order valence-electron chi connectivity index (χ3n) is 12.5. The minimum atomic E-state index is -5.08. The number of nitrogens with zero attached hydrogens (tertiary/aromatic N) is 4. The number of nitrogens with two attached hydrogens (primary N) is 2. The number of primary amides is 1. The lowest BCUT2D eigenvalue weighted by atomic mass is 10.0. The fourth-order valence-electron chi connectivity index (χ4n) is 8.79. The van der Waals surface area contributed by atoms with Gasteiger partial charge in [-0.25, -0.2) is 18.0 Å². The van der Waals surface area contributed by atoms with E-state index in [1.54, 1.807) is 24.1 Å². The van der Waals surface area contributed by atoms with Crippen molar-refractivity contribution in [3.63, 3.8) is 0 Å². The van der Waals surface area contributed by atoms with E-state index in [-0.39, 0.29) is 67.2 Å². The van der Waals surface area contributed by atoms with E-state index in [1.165, 1.54) is 26.2 Å². The lowest BCUT2D eigenvalue weighted by molar-refractivity contribution is -0.192. The second-order valence-corrected chi connectivity index (χ2v) is 19.7. The Kier molecular flexibility index (Phi) is 18.1. The zero-order valence-corrected chi connectivity index (χ0v) is 39.5. The van der Waals surface area contributed by atoms with Gasteiger partial charge < -0.3 is 37.0 Å². The summed E-state index contributed by atoms with van der Waals surface area (Å²) in [5.74, 6) is -5.94. The van der Waals surface area contributed by atoms with Crippen LogP contribution >= 0.6 is 0 Å². The average molecular weight is 1010 g/mol. The number of aliphatic carboxylic acids is 1. The number of aryl methyl sites for hydroxylation is 2. The molecule has 25 heteroatoms. The number of imide groups is 1. The van der Waals surface area contributed by atoms with Crippen molar-refractivity contribution in [1.29, 1.82) is 0 Å². The van der Waals surface area contributed by atoms with Gasteiger partial charge in [-0.3, -0.25) is 48.0 Å². The first kappa shape index (κ1) is 54.3. The molecule has 0 radical (unpaired) electrons. The van der Waals surface area contributed by atoms with E-state index in [1.807, 2.05) is 18.2 Å². The van der Waals surface area contributed by atoms with Crippen molar-refractivity contribution >= 4 is 68.2 Å². The largest absolute Gasteiger partial charge is 0.490 e. The number of alkyl halides is 3. The molecule has 2 aromatic carbocycles. The molecule has 1 unspecified atom stereocenters. The first-order chi connectivity index (χ1) is 32.9. The summed E-state index contributed by atoms with van der Waals surface area (Å²) in [5, 5.41) is 14.9. The number of carbonyl (C=O) groups is 8. The summed E-state index contributed by atoms with van der Waals surface area (Å²) < 4.78 is 58.3. The van der Waals surface area contributed by atoms with E-state index < -0.39 is 75.7 Å². The van der Waals surface area contributed by atoms with Crippen molar-refractivity contribution in [2.24, 2.45) is 18.5 Å². The first-order valence-electron chi connectivity index (χ1n) is 22.7. The third kappa shape index (κ3) is 14.0. The van der Waals surface area contributed by atoms with Gasteiger partial charge in [0, 0.05) is 58.2 Å². The molecule has 0 spiro atoms. The van der Waals surface area contributed by atoms with Crippen LogP contribution in [0.4, 0.5) is 13.2 Å². The van der Waals surface area contributed by atoms with Gasteiger partial charge in [0.15, 0.2) is 9.84 Å². The molecule has 0 aliphatic carbocycles. The summed E-state index contributed by atoms with van der Waals surface area (Å²) >= 11 is 0. The summed E-state index contributed by atoms with van der Waals surface area (Å²) in [6, 6.07) is 7.51. The molecule has 3 aliphatic heterocycles. The number of hydrogen-bond donors (Lipinski definition) is 6. The summed E-state index contributed by atoms with van der Waals surface area (Å²) in [6.07, 6.45) is 1.69. The fourth-order valence-corrected chi connectivity index (χ4v) is 9.42. The average Bonchev–Trinajstić information content (AvgIpc) is 3.82. The highest BCUT2D eigenvalue weighted by Gasteiger charge is 2.45. The zero-order chi connectivity index (χ0) is 51.7. The Labute approximate surface area is 400 Å². The number of hydrogen-bond acceptors (Lipinski definition) is 12. The monoisotopic (exact) mass is 1010 g/mol. The van der Waals surface area contributed by atoms with Gasteiger partial charge in [0.05, 0.1) is 15.9 Å². The molecular formula is C45H58F3N9O12S. The number of fused-ring (bicyclic) bond motifs is 2. The number of unbranched alkanes of at least 4 members (excludes halogenated alkanes) is 3. The van der Waals surface area contributed by atoms with Gasteiger partial charge in [0.1, 0.15) is 24.2 Å². The quantitative estimate of drug-likeness (QED) is 0.0808. The Morgan fingerprint density at radius 3 is 2.19 bits per heavy atom. The third-order valence-corrected chi connectivity index (χ3v) is 13.7. The second-order valence-electron chi connectivity index (χ2n) is 17.6. The maximum absolute atomic E-state index is 13.8. The maximum atomic E-state index is 13.8. The molecule has 21 nitrogen and oxygen atoms in total. The lowest BCUT2D eigenvalue weighted by Gasteiger charge is -2.37. The number of nitrogens with one attached hydrogen (secondary N) is 3. The number of piperidine rings is 1. The minimum Gasteiger partial charge on any atom is -0.475 e. The number of carbonyl (C=O) groups excluding carboxylic acids is 7. The van der Waals surface area contributed by atoms with E-state index >= 15 is 0 Å². The molecule has 0 saturated carbocycles. The first-order valence-corrected chi connectivity index (χ1v) is 24.6. The Hall–Kier alpha value is -6.63. The molecular weight excluding hydrogens is 948 g/mol. The molecule has 4 heterocycles. The summed E-state index contributed by atoms with van der Waals surface area (Å²) in [4.78, 5) is 115. The van der Waals surface area contributed by atoms with Gasteiger partial charge in [-0.2, -0.15) is 13.2 Å². The van der Waals surface area contributed by atoms with Crippen LogP contribution in [0.15, 0.2) is 52.2 Å². The van der Waals surface area contributed by atoms with E-state index in [0.29, 0.717) is 55.2 Å². The Morgan fingerprint density at radius 2 is 1.56 bits per heavy atom. The summed E-state index contributed by atoms with van der Waals surface area (Å²) in [5.41, 5.74) is 14.4. The zero-order valence-electron chi connectivity index (χ0n) is 38.7. The van der Waals surface area contributed by atoms with Gasteiger partial charge >= 0.3 is 17.8 Å². The van der Waals surface area contributed by atoms with Crippen LogP contribution in [0.3, 0.4) is 0 Å². The van der Waals surface area contributed by atoms with Crippen molar-refractivity contribution in [3.05, 3.63) is 64.1 Å². The molecule has 3 aliphatic rings. The molecule has 70 heavy (non-hydrogen) atoms. The number of halogens is 3. The van der Waals surface area contributed by atoms with Crippen molar-refractivity contribution in [2.75, 3.05) is 19.3 Å². The van der Waals surface area contributed by atoms with Gasteiger partial charge in [-0.1, -0.05) is 31.0 Å². The molecule has 3 fully saturated rings. The second kappa shape index (κ2) is 23.3. The number of rotatable bonds is 17. The Bertz CT molecular complexity index is 2650. The maximum Gasteiger partial charge on any atom is 0.490 e. The molecule has 8 N–H and O–H groups in total. The van der Waals surface area contributed by atoms with Crippen molar-refractivity contribution in [2.45, 2.75) is 131 Å². The smallest absolute Gasteiger partial charge is 0.475 e. The molecule has 1 aromatic heterocycles. The van der Waals surface area contributed by atoms with Crippen LogP contribution in [0.25, 0.3) is 11.0 Å². The number of sulfone groups is 1. The molecule has 3 aromatic rings. The number of aromatic nitrogens is 2. The SMILES string of the molecule is Cn1c(=O)n(C2CCC(=O)NC2=O)c2ccc(CCCCCCC(=O)N3CC[C@H]4CC[C@@H](C(=O)N[C@@H](CCC(N)=O)C(=O)NCc5ccc(S(C)(=O)=O)cc5)N4C(=O)[C@@H](N)C3)cc21.O=C(O)C(F)(F)F. The van der Waals surface area contributed by atoms with Gasteiger partial charge in [-0.05, 0) is 86.8 Å². The highest BCUT2D eigenvalue weighted by atomic mass is 32.2. The molecule has 0 bridgehead atoms. The van der Waals surface area contributed by atoms with E-state index in [4.69, 9.17) is 21.4 Å². The van der Waals surface area contributed by atoms with Crippen molar-refractivity contribution in [3.8, 4) is 0 Å². The highest BCUT2D eigenvalue weighted by molar-refractivity contribution is 7.90. The summed E-state index contributed by atoms with van der Waals surface area (Å²) in [7, 11) is -1.74. The standard InChI is InChI=1S/C43H57N9O10S.C2HF3O2/c1-49-35-23-26(11-16-32(35)52(43(49)60)34-18-20-37(54)48-41(34)58)7-5-3-4-6-8-38(55)50-22-21-28-12-17-33(51(28)42(59)30(44)25-50)40(57)47-31(15-19-36(45)53)39(56)46-24-27-9-13-29(14-10-27)63(2,61)62;3-2(4,5)1(6)7/h9-11,13-14,16,23,28,30-31,33-34H,3-8,12,15,17-22,24-25,44H2,1-2H3,(H2,45,53)(H,46,56)(H,47,57)(H,48,54,58);(H,6,7)/t28-,30+,31+,33+,34?;/m1./s1. The summed E-state index contributed by atoms with van der Waals surface area (Å²) in [6.45, 7) is 0.391. The fraction of sp³-hybridized carbons (Fsp3) is 0.533.